The predicted molar refractivity (Wildman–Crippen MR) is 60.1 cm³/mol. The summed E-state index contributed by atoms with van der Waals surface area (Å²) in [6.45, 7) is 1.23. The number of hydrogen-bond donors (Lipinski definition) is 0. The third kappa shape index (κ3) is 4.46. The van der Waals surface area contributed by atoms with Gasteiger partial charge in [-0.05, 0) is 6.07 Å². The van der Waals surface area contributed by atoms with Crippen LogP contribution in [0.5, 0.6) is 5.75 Å². The number of nitrogens with zero attached hydrogens (tertiary/aromatic N) is 1. The van der Waals surface area contributed by atoms with Crippen LogP contribution in [0, 0.1) is 10.1 Å². The fraction of sp³-hybridized carbons (Fsp3) is 0.400. The third-order valence-corrected chi connectivity index (χ3v) is 1.90. The fourth-order valence-corrected chi connectivity index (χ4v) is 1.17. The van der Waals surface area contributed by atoms with Crippen molar-refractivity contribution in [3.8, 4) is 5.75 Å². The van der Waals surface area contributed by atoms with Crippen molar-refractivity contribution >= 4 is 17.3 Å². The maximum atomic E-state index is 10.5. The van der Waals surface area contributed by atoms with Crippen molar-refractivity contribution in [2.75, 3.05) is 25.7 Å². The van der Waals surface area contributed by atoms with E-state index in [4.69, 9.17) is 21.1 Å². The first-order valence-electron chi connectivity index (χ1n) is 4.75. The van der Waals surface area contributed by atoms with Gasteiger partial charge in [-0.3, -0.25) is 10.1 Å². The molecule has 1 aromatic carbocycles. The molecule has 0 radical (unpaired) electrons. The monoisotopic (exact) mass is 245 g/mol. The van der Waals surface area contributed by atoms with Crippen LogP contribution < -0.4 is 4.74 Å². The number of hydrogen-bond acceptors (Lipinski definition) is 4. The van der Waals surface area contributed by atoms with Crippen LogP contribution in [0.25, 0.3) is 0 Å². The quantitative estimate of drug-likeness (QED) is 0.320. The average Bonchev–Trinajstić information content (AvgIpc) is 2.29. The van der Waals surface area contributed by atoms with Gasteiger partial charge in [0.15, 0.2) is 0 Å². The van der Waals surface area contributed by atoms with Gasteiger partial charge in [0.1, 0.15) is 12.4 Å². The molecule has 0 aliphatic carbocycles. The molecule has 0 fully saturated rings. The highest BCUT2D eigenvalue weighted by molar-refractivity contribution is 6.17. The molecule has 0 aromatic heterocycles. The summed E-state index contributed by atoms with van der Waals surface area (Å²) in [4.78, 5) is 10.0. The minimum atomic E-state index is -0.461. The second-order valence-corrected chi connectivity index (χ2v) is 3.28. The van der Waals surface area contributed by atoms with Gasteiger partial charge in [-0.25, -0.2) is 0 Å². The maximum Gasteiger partial charge on any atom is 0.273 e. The summed E-state index contributed by atoms with van der Waals surface area (Å²) in [6.07, 6.45) is 0. The Morgan fingerprint density at radius 2 is 2.12 bits per heavy atom. The number of ether oxygens (including phenoxy) is 2. The number of nitro benzene ring substituents is 1. The number of nitro groups is 1. The topological polar surface area (TPSA) is 61.6 Å². The van der Waals surface area contributed by atoms with E-state index in [2.05, 4.69) is 0 Å². The van der Waals surface area contributed by atoms with Crippen LogP contribution in [-0.2, 0) is 4.74 Å². The SMILES string of the molecule is O=[N+]([O-])c1cccc(OCCOCCCl)c1. The van der Waals surface area contributed by atoms with E-state index in [-0.39, 0.29) is 5.69 Å². The second-order valence-electron chi connectivity index (χ2n) is 2.90. The Kier molecular flexibility index (Phi) is 5.60. The Hall–Kier alpha value is -1.33. The Bertz CT molecular complexity index is 345. The van der Waals surface area contributed by atoms with Crippen LogP contribution in [0.2, 0.25) is 0 Å². The summed E-state index contributed by atoms with van der Waals surface area (Å²) in [6, 6.07) is 6.03. The Morgan fingerprint density at radius 3 is 2.81 bits per heavy atom. The van der Waals surface area contributed by atoms with E-state index < -0.39 is 4.92 Å². The van der Waals surface area contributed by atoms with Crippen molar-refractivity contribution in [2.45, 2.75) is 0 Å². The zero-order chi connectivity index (χ0) is 11.8. The van der Waals surface area contributed by atoms with Crippen molar-refractivity contribution in [3.63, 3.8) is 0 Å². The van der Waals surface area contributed by atoms with E-state index in [0.29, 0.717) is 31.5 Å². The molecule has 0 saturated carbocycles. The molecule has 0 spiro atoms. The van der Waals surface area contributed by atoms with E-state index in [9.17, 15) is 10.1 Å². The van der Waals surface area contributed by atoms with Crippen LogP contribution in [0.3, 0.4) is 0 Å². The maximum absolute atomic E-state index is 10.5. The van der Waals surface area contributed by atoms with E-state index in [1.54, 1.807) is 12.1 Å². The zero-order valence-corrected chi connectivity index (χ0v) is 9.35. The zero-order valence-electron chi connectivity index (χ0n) is 8.60. The summed E-state index contributed by atoms with van der Waals surface area (Å²) >= 11 is 5.41. The molecule has 16 heavy (non-hydrogen) atoms. The van der Waals surface area contributed by atoms with Crippen LogP contribution in [0.1, 0.15) is 0 Å². The molecule has 6 heteroatoms. The molecule has 0 unspecified atom stereocenters. The average molecular weight is 246 g/mol. The van der Waals surface area contributed by atoms with Gasteiger partial charge in [-0.2, -0.15) is 0 Å². The van der Waals surface area contributed by atoms with Crippen molar-refractivity contribution in [2.24, 2.45) is 0 Å². The molecule has 0 aliphatic heterocycles. The Labute approximate surface area is 98.1 Å². The van der Waals surface area contributed by atoms with Gasteiger partial charge < -0.3 is 9.47 Å². The molecule has 5 nitrogen and oxygen atoms in total. The fourth-order valence-electron chi connectivity index (χ4n) is 1.06. The smallest absolute Gasteiger partial charge is 0.273 e. The molecular weight excluding hydrogens is 234 g/mol. The van der Waals surface area contributed by atoms with E-state index in [1.807, 2.05) is 0 Å². The molecule has 0 saturated heterocycles. The predicted octanol–water partition coefficient (Wildman–Crippen LogP) is 2.23. The first-order chi connectivity index (χ1) is 7.74. The molecule has 0 aliphatic rings. The number of halogens is 1. The van der Waals surface area contributed by atoms with Crippen LogP contribution in [0.15, 0.2) is 24.3 Å². The van der Waals surface area contributed by atoms with Gasteiger partial charge in [-0.1, -0.05) is 6.07 Å². The molecule has 1 aromatic rings. The lowest BCUT2D eigenvalue weighted by atomic mass is 10.3. The van der Waals surface area contributed by atoms with Crippen molar-refractivity contribution in [3.05, 3.63) is 34.4 Å². The minimum Gasteiger partial charge on any atom is -0.491 e. The van der Waals surface area contributed by atoms with Gasteiger partial charge in [0.05, 0.1) is 24.2 Å². The summed E-state index contributed by atoms with van der Waals surface area (Å²) < 4.78 is 10.4. The summed E-state index contributed by atoms with van der Waals surface area (Å²) in [5.74, 6) is 0.903. The second kappa shape index (κ2) is 7.03. The van der Waals surface area contributed by atoms with E-state index in [1.165, 1.54) is 12.1 Å². The van der Waals surface area contributed by atoms with Gasteiger partial charge in [-0.15, -0.1) is 11.6 Å². The lowest BCUT2D eigenvalue weighted by Crippen LogP contribution is -2.08. The normalized spacial score (nSPS) is 10.1. The highest BCUT2D eigenvalue weighted by Gasteiger charge is 2.05. The number of alkyl halides is 1. The van der Waals surface area contributed by atoms with Crippen molar-refractivity contribution < 1.29 is 14.4 Å². The first-order valence-corrected chi connectivity index (χ1v) is 5.28. The molecule has 0 heterocycles. The third-order valence-electron chi connectivity index (χ3n) is 1.75. The van der Waals surface area contributed by atoms with E-state index in [0.717, 1.165) is 0 Å². The largest absolute Gasteiger partial charge is 0.491 e. The van der Waals surface area contributed by atoms with Crippen LogP contribution in [-0.4, -0.2) is 30.6 Å². The molecule has 88 valence electrons. The lowest BCUT2D eigenvalue weighted by molar-refractivity contribution is -0.384. The van der Waals surface area contributed by atoms with Crippen LogP contribution in [0.4, 0.5) is 5.69 Å². The highest BCUT2D eigenvalue weighted by atomic mass is 35.5. The minimum absolute atomic E-state index is 0.0131. The summed E-state index contributed by atoms with van der Waals surface area (Å²) in [5.41, 5.74) is 0.0131. The molecular formula is C10H12ClNO4. The Morgan fingerprint density at radius 1 is 1.31 bits per heavy atom. The lowest BCUT2D eigenvalue weighted by Gasteiger charge is -2.05. The van der Waals surface area contributed by atoms with Gasteiger partial charge in [0.25, 0.3) is 5.69 Å². The highest BCUT2D eigenvalue weighted by Crippen LogP contribution is 2.18. The number of rotatable bonds is 7. The first kappa shape index (κ1) is 12.7. The standard InChI is InChI=1S/C10H12ClNO4/c11-4-5-15-6-7-16-10-3-1-2-9(8-10)12(13)14/h1-3,8H,4-7H2. The van der Waals surface area contributed by atoms with Gasteiger partial charge in [0, 0.05) is 11.9 Å². The van der Waals surface area contributed by atoms with E-state index >= 15 is 0 Å². The van der Waals surface area contributed by atoms with Gasteiger partial charge in [0.2, 0.25) is 0 Å². The van der Waals surface area contributed by atoms with Gasteiger partial charge >= 0.3 is 0 Å². The molecule has 0 bridgehead atoms. The number of benzene rings is 1. The summed E-state index contributed by atoms with van der Waals surface area (Å²) in [7, 11) is 0. The molecule has 0 N–H and O–H groups in total. The Balaban J connectivity index is 2.36. The molecule has 0 amide bonds. The van der Waals surface area contributed by atoms with Crippen molar-refractivity contribution in [1.29, 1.82) is 0 Å². The summed E-state index contributed by atoms with van der Waals surface area (Å²) in [5, 5.41) is 10.5. The molecule has 1 rings (SSSR count). The van der Waals surface area contributed by atoms with Crippen LogP contribution >= 0.6 is 11.6 Å². The molecule has 0 atom stereocenters. The van der Waals surface area contributed by atoms with Crippen molar-refractivity contribution in [1.82, 2.24) is 0 Å². The number of non-ortho nitro benzene ring substituents is 1.